The summed E-state index contributed by atoms with van der Waals surface area (Å²) in [6.45, 7) is 0. The van der Waals surface area contributed by atoms with E-state index in [4.69, 9.17) is 16.0 Å². The summed E-state index contributed by atoms with van der Waals surface area (Å²) >= 11 is 5.80. The lowest BCUT2D eigenvalue weighted by Gasteiger charge is -1.95. The van der Waals surface area contributed by atoms with Gasteiger partial charge in [0, 0.05) is 18.0 Å². The van der Waals surface area contributed by atoms with Gasteiger partial charge < -0.3 is 4.42 Å². The van der Waals surface area contributed by atoms with Crippen LogP contribution in [0.2, 0.25) is 5.15 Å². The Bertz CT molecular complexity index is 372. The highest BCUT2D eigenvalue weighted by Gasteiger charge is 2.05. The van der Waals surface area contributed by atoms with Crippen molar-refractivity contribution in [1.82, 2.24) is 9.97 Å². The molecule has 0 spiro atoms. The van der Waals surface area contributed by atoms with Crippen LogP contribution in [-0.2, 0) is 0 Å². The van der Waals surface area contributed by atoms with Gasteiger partial charge in [0.25, 0.3) is 0 Å². The smallest absolute Gasteiger partial charge is 0.155 e. The third-order valence-electron chi connectivity index (χ3n) is 1.45. The third-order valence-corrected chi connectivity index (χ3v) is 1.72. The molecule has 0 saturated carbocycles. The minimum atomic E-state index is 0.388. The van der Waals surface area contributed by atoms with Crippen molar-refractivity contribution in [3.05, 3.63) is 36.1 Å². The topological polar surface area (TPSA) is 38.9 Å². The number of nitrogens with zero attached hydrogens (tertiary/aromatic N) is 2. The van der Waals surface area contributed by atoms with Crippen molar-refractivity contribution in [3.63, 3.8) is 0 Å². The molecule has 0 saturated heterocycles. The maximum atomic E-state index is 5.80. The molecular formula is C8H5ClN2O. The predicted molar refractivity (Wildman–Crippen MR) is 44.7 cm³/mol. The number of hydrogen-bond acceptors (Lipinski definition) is 3. The largest absolute Gasteiger partial charge is 0.472 e. The van der Waals surface area contributed by atoms with Gasteiger partial charge in [-0.05, 0) is 6.07 Å². The molecule has 4 heteroatoms. The predicted octanol–water partition coefficient (Wildman–Crippen LogP) is 2.39. The highest BCUT2D eigenvalue weighted by molar-refractivity contribution is 6.31. The average Bonchev–Trinajstić information content (AvgIpc) is 2.57. The molecule has 2 rings (SSSR count). The molecule has 60 valence electrons. The number of aromatic nitrogens is 2. The average molecular weight is 181 g/mol. The van der Waals surface area contributed by atoms with Crippen LogP contribution >= 0.6 is 11.6 Å². The van der Waals surface area contributed by atoms with E-state index >= 15 is 0 Å². The second-order valence-corrected chi connectivity index (χ2v) is 2.57. The van der Waals surface area contributed by atoms with E-state index in [9.17, 15) is 0 Å². The molecule has 2 aromatic rings. The van der Waals surface area contributed by atoms with Crippen molar-refractivity contribution in [3.8, 4) is 11.3 Å². The summed E-state index contributed by atoms with van der Waals surface area (Å²) < 4.78 is 4.90. The lowest BCUT2D eigenvalue weighted by molar-refractivity contribution is 0.568. The molecule has 0 aromatic carbocycles. The first-order valence-corrected chi connectivity index (χ1v) is 3.75. The first-order chi connectivity index (χ1) is 5.88. The highest BCUT2D eigenvalue weighted by atomic mass is 35.5. The van der Waals surface area contributed by atoms with Gasteiger partial charge in [-0.3, -0.25) is 4.98 Å². The lowest BCUT2D eigenvalue weighted by Crippen LogP contribution is -1.84. The Kier molecular flexibility index (Phi) is 1.80. The normalized spacial score (nSPS) is 10.1. The van der Waals surface area contributed by atoms with Crippen LogP contribution in [0.4, 0.5) is 0 Å². The minimum Gasteiger partial charge on any atom is -0.472 e. The van der Waals surface area contributed by atoms with Gasteiger partial charge in [0.1, 0.15) is 5.69 Å². The highest BCUT2D eigenvalue weighted by Crippen LogP contribution is 2.22. The molecule has 0 radical (unpaired) electrons. The van der Waals surface area contributed by atoms with Crippen LogP contribution in [0.1, 0.15) is 0 Å². The van der Waals surface area contributed by atoms with Crippen LogP contribution in [0.5, 0.6) is 0 Å². The molecule has 0 aliphatic rings. The molecule has 3 nitrogen and oxygen atoms in total. The minimum absolute atomic E-state index is 0.388. The Balaban J connectivity index is 2.55. The van der Waals surface area contributed by atoms with E-state index in [1.165, 1.54) is 0 Å². The maximum Gasteiger partial charge on any atom is 0.155 e. The fraction of sp³-hybridized carbons (Fsp3) is 0. The van der Waals surface area contributed by atoms with Gasteiger partial charge in [-0.1, -0.05) is 11.6 Å². The molecule has 0 bridgehead atoms. The molecule has 2 heterocycles. The van der Waals surface area contributed by atoms with Gasteiger partial charge in [0.2, 0.25) is 0 Å². The summed E-state index contributed by atoms with van der Waals surface area (Å²) in [5.74, 6) is 0. The zero-order chi connectivity index (χ0) is 8.39. The first kappa shape index (κ1) is 7.31. The number of hydrogen-bond donors (Lipinski definition) is 0. The van der Waals surface area contributed by atoms with Gasteiger partial charge in [0.15, 0.2) is 5.15 Å². The molecule has 0 unspecified atom stereocenters. The Morgan fingerprint density at radius 2 is 2.08 bits per heavy atom. The van der Waals surface area contributed by atoms with Gasteiger partial charge in [-0.2, -0.15) is 0 Å². The van der Waals surface area contributed by atoms with Crippen molar-refractivity contribution >= 4 is 11.6 Å². The van der Waals surface area contributed by atoms with E-state index in [0.29, 0.717) is 10.8 Å². The van der Waals surface area contributed by atoms with Crippen LogP contribution in [0.3, 0.4) is 0 Å². The van der Waals surface area contributed by atoms with Gasteiger partial charge >= 0.3 is 0 Å². The number of halogens is 1. The number of rotatable bonds is 1. The lowest BCUT2D eigenvalue weighted by atomic mass is 10.2. The third kappa shape index (κ3) is 1.19. The van der Waals surface area contributed by atoms with Gasteiger partial charge in [-0.25, -0.2) is 4.98 Å². The molecule has 2 aromatic heterocycles. The molecule has 0 fully saturated rings. The van der Waals surface area contributed by atoms with Crippen molar-refractivity contribution in [2.75, 3.05) is 0 Å². The Labute approximate surface area is 74.0 Å². The molecule has 0 atom stereocenters. The van der Waals surface area contributed by atoms with Gasteiger partial charge in [-0.15, -0.1) is 0 Å². The summed E-state index contributed by atoms with van der Waals surface area (Å²) in [6.07, 6.45) is 6.29. The van der Waals surface area contributed by atoms with Crippen LogP contribution in [0.15, 0.2) is 35.4 Å². The van der Waals surface area contributed by atoms with Crippen LogP contribution in [0, 0.1) is 0 Å². The summed E-state index contributed by atoms with van der Waals surface area (Å²) in [7, 11) is 0. The summed E-state index contributed by atoms with van der Waals surface area (Å²) in [4.78, 5) is 7.96. The summed E-state index contributed by atoms with van der Waals surface area (Å²) in [5.41, 5.74) is 1.49. The Morgan fingerprint density at radius 3 is 2.75 bits per heavy atom. The monoisotopic (exact) mass is 180 g/mol. The van der Waals surface area contributed by atoms with Crippen LogP contribution < -0.4 is 0 Å². The van der Waals surface area contributed by atoms with Gasteiger partial charge in [0.05, 0.1) is 12.5 Å². The van der Waals surface area contributed by atoms with Crippen LogP contribution in [-0.4, -0.2) is 9.97 Å². The van der Waals surface area contributed by atoms with E-state index in [0.717, 1.165) is 5.56 Å². The standard InChI is InChI=1S/C8H5ClN2O/c9-8-7(10-2-3-11-8)6-1-4-12-5-6/h1-5H. The van der Waals surface area contributed by atoms with Crippen LogP contribution in [0.25, 0.3) is 11.3 Å². The van der Waals surface area contributed by atoms with E-state index in [2.05, 4.69) is 9.97 Å². The molecule has 0 N–H and O–H groups in total. The summed E-state index contributed by atoms with van der Waals surface area (Å²) in [5, 5.41) is 0.388. The van der Waals surface area contributed by atoms with Crippen molar-refractivity contribution in [2.45, 2.75) is 0 Å². The second-order valence-electron chi connectivity index (χ2n) is 2.21. The van der Waals surface area contributed by atoms with Crippen molar-refractivity contribution in [1.29, 1.82) is 0 Å². The zero-order valence-electron chi connectivity index (χ0n) is 6.07. The Hall–Kier alpha value is -1.35. The fourth-order valence-corrected chi connectivity index (χ4v) is 1.13. The molecule has 0 aliphatic carbocycles. The van der Waals surface area contributed by atoms with E-state index < -0.39 is 0 Å². The number of furan rings is 1. The SMILES string of the molecule is Clc1nccnc1-c1ccoc1. The molecule has 12 heavy (non-hydrogen) atoms. The second kappa shape index (κ2) is 2.95. The first-order valence-electron chi connectivity index (χ1n) is 3.37. The van der Waals surface area contributed by atoms with Crippen molar-refractivity contribution in [2.24, 2.45) is 0 Å². The fourth-order valence-electron chi connectivity index (χ4n) is 0.914. The van der Waals surface area contributed by atoms with E-state index in [-0.39, 0.29) is 0 Å². The van der Waals surface area contributed by atoms with Crippen molar-refractivity contribution < 1.29 is 4.42 Å². The zero-order valence-corrected chi connectivity index (χ0v) is 6.82. The molecule has 0 aliphatic heterocycles. The van der Waals surface area contributed by atoms with E-state index in [1.54, 1.807) is 31.0 Å². The molecule has 0 amide bonds. The Morgan fingerprint density at radius 1 is 1.25 bits per heavy atom. The summed E-state index contributed by atoms with van der Waals surface area (Å²) in [6, 6.07) is 1.79. The molecular weight excluding hydrogens is 176 g/mol. The maximum absolute atomic E-state index is 5.80. The van der Waals surface area contributed by atoms with E-state index in [1.807, 2.05) is 0 Å². The quantitative estimate of drug-likeness (QED) is 0.677.